The molecule has 1 amide bonds. The predicted molar refractivity (Wildman–Crippen MR) is 104 cm³/mol. The van der Waals surface area contributed by atoms with Gasteiger partial charge < -0.3 is 14.9 Å². The fourth-order valence-electron chi connectivity index (χ4n) is 2.45. The van der Waals surface area contributed by atoms with Crippen LogP contribution in [0.3, 0.4) is 0 Å². The van der Waals surface area contributed by atoms with Crippen molar-refractivity contribution in [3.8, 4) is 11.5 Å². The lowest BCUT2D eigenvalue weighted by Crippen LogP contribution is -2.27. The third-order valence-corrected chi connectivity index (χ3v) is 4.99. The number of benzene rings is 2. The number of carbonyl (C=O) groups is 2. The van der Waals surface area contributed by atoms with Crippen molar-refractivity contribution < 1.29 is 24.5 Å². The average Bonchev–Trinajstić information content (AvgIpc) is 2.89. The van der Waals surface area contributed by atoms with Gasteiger partial charge >= 0.3 is 5.97 Å². The molecule has 1 aliphatic rings. The van der Waals surface area contributed by atoms with E-state index in [0.717, 1.165) is 17.3 Å². The van der Waals surface area contributed by atoms with E-state index in [-0.39, 0.29) is 27.2 Å². The molecule has 2 N–H and O–H groups in total. The first-order valence-electron chi connectivity index (χ1n) is 7.39. The Balaban J connectivity index is 1.99. The molecule has 26 heavy (non-hydrogen) atoms. The van der Waals surface area contributed by atoms with E-state index >= 15 is 0 Å². The highest BCUT2D eigenvalue weighted by Gasteiger charge is 2.34. The molecule has 132 valence electrons. The van der Waals surface area contributed by atoms with Crippen LogP contribution in [0.4, 0.5) is 5.69 Å². The summed E-state index contributed by atoms with van der Waals surface area (Å²) >= 11 is 6.39. The smallest absolute Gasteiger partial charge is 0.339 e. The molecule has 0 bridgehead atoms. The fourth-order valence-corrected chi connectivity index (χ4v) is 3.74. The van der Waals surface area contributed by atoms with E-state index < -0.39 is 5.97 Å². The van der Waals surface area contributed by atoms with Crippen LogP contribution in [0.15, 0.2) is 47.4 Å². The maximum absolute atomic E-state index is 12.8. The van der Waals surface area contributed by atoms with Crippen molar-refractivity contribution in [3.63, 3.8) is 0 Å². The van der Waals surface area contributed by atoms with E-state index in [2.05, 4.69) is 0 Å². The molecule has 1 heterocycles. The van der Waals surface area contributed by atoms with Crippen molar-refractivity contribution in [2.45, 2.75) is 0 Å². The highest BCUT2D eigenvalue weighted by molar-refractivity contribution is 8.27. The summed E-state index contributed by atoms with van der Waals surface area (Å²) in [5, 5.41) is 18.8. The normalized spacial score (nSPS) is 15.6. The highest BCUT2D eigenvalue weighted by Crippen LogP contribution is 2.38. The zero-order chi connectivity index (χ0) is 18.8. The summed E-state index contributed by atoms with van der Waals surface area (Å²) in [5.41, 5.74) is 0.712. The number of thioether (sulfide) groups is 1. The molecule has 0 spiro atoms. The van der Waals surface area contributed by atoms with Gasteiger partial charge in [-0.2, -0.15) is 0 Å². The number of hydrogen-bond donors (Lipinski definition) is 2. The number of carboxylic acids is 1. The molecule has 6 nitrogen and oxygen atoms in total. The molecule has 0 saturated carbocycles. The summed E-state index contributed by atoms with van der Waals surface area (Å²) in [7, 11) is 1.54. The molecule has 2 aromatic carbocycles. The lowest BCUT2D eigenvalue weighted by Gasteiger charge is -2.15. The standard InChI is InChI=1S/C18H13NO5S2/c1-24-14-5-3-2-4-10(14)8-15-16(21)19(18(25)26-15)11-6-7-13(20)12(9-11)17(22)23/h2-9,20H,1H3,(H,22,23)/b15-8+. The zero-order valence-electron chi connectivity index (χ0n) is 13.5. The van der Waals surface area contributed by atoms with Crippen LogP contribution in [0.25, 0.3) is 6.08 Å². The second-order valence-corrected chi connectivity index (χ2v) is 6.94. The van der Waals surface area contributed by atoms with Crippen LogP contribution >= 0.6 is 24.0 Å². The Hall–Kier alpha value is -2.84. The number of rotatable bonds is 4. The van der Waals surface area contributed by atoms with Gasteiger partial charge in [0.2, 0.25) is 0 Å². The lowest BCUT2D eigenvalue weighted by molar-refractivity contribution is -0.113. The van der Waals surface area contributed by atoms with E-state index in [1.54, 1.807) is 19.3 Å². The summed E-state index contributed by atoms with van der Waals surface area (Å²) < 4.78 is 5.56. The molecule has 3 rings (SSSR count). The van der Waals surface area contributed by atoms with Crippen molar-refractivity contribution in [1.82, 2.24) is 0 Å². The van der Waals surface area contributed by atoms with Crippen molar-refractivity contribution in [3.05, 3.63) is 58.5 Å². The number of anilines is 1. The lowest BCUT2D eigenvalue weighted by atomic mass is 10.1. The summed E-state index contributed by atoms with van der Waals surface area (Å²) in [4.78, 5) is 25.6. The van der Waals surface area contributed by atoms with Crippen LogP contribution in [-0.2, 0) is 4.79 Å². The monoisotopic (exact) mass is 387 g/mol. The minimum absolute atomic E-state index is 0.276. The van der Waals surface area contributed by atoms with E-state index in [9.17, 15) is 14.7 Å². The van der Waals surface area contributed by atoms with Gasteiger partial charge in [-0.25, -0.2) is 4.79 Å². The average molecular weight is 387 g/mol. The number of nitrogens with zero attached hydrogens (tertiary/aromatic N) is 1. The van der Waals surface area contributed by atoms with Gasteiger partial charge in [0.1, 0.15) is 17.1 Å². The first kappa shape index (κ1) is 18.0. The number of carboxylic acid groups (broad SMARTS) is 1. The van der Waals surface area contributed by atoms with E-state index in [4.69, 9.17) is 22.1 Å². The molecular formula is C18H13NO5S2. The van der Waals surface area contributed by atoms with Crippen LogP contribution < -0.4 is 9.64 Å². The third kappa shape index (κ3) is 3.29. The minimum atomic E-state index is -1.29. The van der Waals surface area contributed by atoms with Crippen LogP contribution in [0.2, 0.25) is 0 Å². The number of aromatic carboxylic acids is 1. The molecule has 8 heteroatoms. The molecule has 0 atom stereocenters. The topological polar surface area (TPSA) is 87.1 Å². The van der Waals surface area contributed by atoms with Crippen LogP contribution in [-0.4, -0.2) is 33.5 Å². The zero-order valence-corrected chi connectivity index (χ0v) is 15.1. The maximum atomic E-state index is 12.8. The number of amides is 1. The number of phenols is 1. The first-order valence-corrected chi connectivity index (χ1v) is 8.62. The van der Waals surface area contributed by atoms with Gasteiger partial charge in [0.05, 0.1) is 17.7 Å². The molecule has 1 fully saturated rings. The molecular weight excluding hydrogens is 374 g/mol. The number of para-hydroxylation sites is 1. The van der Waals surface area contributed by atoms with Gasteiger partial charge in [0.15, 0.2) is 4.32 Å². The van der Waals surface area contributed by atoms with Crippen LogP contribution in [0, 0.1) is 0 Å². The second kappa shape index (κ2) is 7.19. The quantitative estimate of drug-likeness (QED) is 0.613. The minimum Gasteiger partial charge on any atom is -0.507 e. The van der Waals surface area contributed by atoms with Crippen LogP contribution in [0.1, 0.15) is 15.9 Å². The Morgan fingerprint density at radius 3 is 2.69 bits per heavy atom. The predicted octanol–water partition coefficient (Wildman–Crippen LogP) is 3.50. The molecule has 0 unspecified atom stereocenters. The van der Waals surface area contributed by atoms with Gasteiger partial charge in [-0.3, -0.25) is 9.69 Å². The number of aromatic hydroxyl groups is 1. The molecule has 0 aliphatic carbocycles. The number of hydrogen-bond acceptors (Lipinski definition) is 6. The van der Waals surface area contributed by atoms with E-state index in [1.165, 1.54) is 23.1 Å². The summed E-state index contributed by atoms with van der Waals surface area (Å²) in [6.07, 6.45) is 1.68. The number of carbonyl (C=O) groups excluding carboxylic acids is 1. The Morgan fingerprint density at radius 1 is 1.27 bits per heavy atom. The Morgan fingerprint density at radius 2 is 2.00 bits per heavy atom. The Labute approximate surface area is 158 Å². The Kier molecular flexibility index (Phi) is 4.97. The SMILES string of the molecule is COc1ccccc1/C=C1/SC(=S)N(c2ccc(O)c(C(=O)O)c2)C1=O. The fraction of sp³-hybridized carbons (Fsp3) is 0.0556. The summed E-state index contributed by atoms with van der Waals surface area (Å²) in [6.45, 7) is 0. The van der Waals surface area contributed by atoms with Gasteiger partial charge in [-0.15, -0.1) is 0 Å². The largest absolute Gasteiger partial charge is 0.507 e. The first-order chi connectivity index (χ1) is 12.4. The van der Waals surface area contributed by atoms with E-state index in [1.807, 2.05) is 18.2 Å². The van der Waals surface area contributed by atoms with Crippen LogP contribution in [0.5, 0.6) is 11.5 Å². The van der Waals surface area contributed by atoms with Gasteiger partial charge in [0.25, 0.3) is 5.91 Å². The molecule has 0 aromatic heterocycles. The second-order valence-electron chi connectivity index (χ2n) is 5.27. The molecule has 0 radical (unpaired) electrons. The molecule has 2 aromatic rings. The van der Waals surface area contributed by atoms with Crippen molar-refractivity contribution >= 4 is 51.9 Å². The maximum Gasteiger partial charge on any atom is 0.339 e. The highest BCUT2D eigenvalue weighted by atomic mass is 32.2. The van der Waals surface area contributed by atoms with E-state index in [0.29, 0.717) is 10.7 Å². The van der Waals surface area contributed by atoms with Gasteiger partial charge in [-0.05, 0) is 30.3 Å². The number of thiocarbonyl (C=S) groups is 1. The van der Waals surface area contributed by atoms with Crippen molar-refractivity contribution in [2.24, 2.45) is 0 Å². The molecule has 1 saturated heterocycles. The van der Waals surface area contributed by atoms with Gasteiger partial charge in [-0.1, -0.05) is 42.2 Å². The third-order valence-electron chi connectivity index (χ3n) is 3.69. The van der Waals surface area contributed by atoms with Crippen molar-refractivity contribution in [2.75, 3.05) is 12.0 Å². The summed E-state index contributed by atoms with van der Waals surface area (Å²) in [5.74, 6) is -1.42. The Bertz CT molecular complexity index is 954. The summed E-state index contributed by atoms with van der Waals surface area (Å²) in [6, 6.07) is 11.1. The molecule has 1 aliphatic heterocycles. The number of methoxy groups -OCH3 is 1. The van der Waals surface area contributed by atoms with Crippen molar-refractivity contribution in [1.29, 1.82) is 0 Å². The number of ether oxygens (including phenoxy) is 1. The van der Waals surface area contributed by atoms with Gasteiger partial charge in [0, 0.05) is 5.56 Å².